The molecule has 23 heavy (non-hydrogen) atoms. The highest BCUT2D eigenvalue weighted by Crippen LogP contribution is 2.34. The molecule has 0 aromatic carbocycles. The van der Waals surface area contributed by atoms with Crippen molar-refractivity contribution in [1.29, 1.82) is 0 Å². The van der Waals surface area contributed by atoms with Crippen LogP contribution in [0.1, 0.15) is 59.8 Å². The minimum atomic E-state index is -0.727. The fraction of sp³-hybridized carbons (Fsp3) is 0.944. The Hall–Kier alpha value is -0.650. The van der Waals surface area contributed by atoms with Gasteiger partial charge in [-0.15, -0.1) is 0 Å². The number of likely N-dealkylation sites (tertiary alicyclic amines) is 1. The summed E-state index contributed by atoms with van der Waals surface area (Å²) >= 11 is 0. The van der Waals surface area contributed by atoms with Crippen molar-refractivity contribution in [2.45, 2.75) is 76.5 Å². The van der Waals surface area contributed by atoms with Crippen LogP contribution in [0.3, 0.4) is 0 Å². The second-order valence-electron chi connectivity index (χ2n) is 9.18. The standard InChI is InChI=1S/C18H35N3O2/c1-16(2)11-14(12-17(3,4)20-16)10-15(22)19-13-18(23)6-8-21(5)9-7-18/h14,20,23H,6-13H2,1-5H3,(H,19,22). The minimum Gasteiger partial charge on any atom is -0.388 e. The summed E-state index contributed by atoms with van der Waals surface area (Å²) < 4.78 is 0. The number of hydrogen-bond donors (Lipinski definition) is 3. The van der Waals surface area contributed by atoms with Gasteiger partial charge in [-0.25, -0.2) is 0 Å². The largest absolute Gasteiger partial charge is 0.388 e. The molecular formula is C18H35N3O2. The summed E-state index contributed by atoms with van der Waals surface area (Å²) in [5.41, 5.74) is -0.591. The van der Waals surface area contributed by atoms with Crippen LogP contribution in [-0.4, -0.2) is 59.3 Å². The second kappa shape index (κ2) is 6.69. The van der Waals surface area contributed by atoms with Crippen molar-refractivity contribution in [2.24, 2.45) is 5.92 Å². The lowest BCUT2D eigenvalue weighted by molar-refractivity contribution is -0.124. The van der Waals surface area contributed by atoms with E-state index in [-0.39, 0.29) is 17.0 Å². The van der Waals surface area contributed by atoms with Gasteiger partial charge in [0.15, 0.2) is 0 Å². The fourth-order valence-electron chi connectivity index (χ4n) is 4.49. The van der Waals surface area contributed by atoms with Crippen LogP contribution in [0.4, 0.5) is 0 Å². The van der Waals surface area contributed by atoms with E-state index in [0.29, 0.717) is 18.9 Å². The molecule has 0 aliphatic carbocycles. The van der Waals surface area contributed by atoms with Gasteiger partial charge in [0.2, 0.25) is 5.91 Å². The maximum Gasteiger partial charge on any atom is 0.220 e. The Morgan fingerprint density at radius 2 is 1.70 bits per heavy atom. The first-order valence-electron chi connectivity index (χ1n) is 8.96. The molecule has 5 nitrogen and oxygen atoms in total. The summed E-state index contributed by atoms with van der Waals surface area (Å²) in [5.74, 6) is 0.476. The van der Waals surface area contributed by atoms with E-state index in [4.69, 9.17) is 0 Å². The van der Waals surface area contributed by atoms with E-state index in [1.807, 2.05) is 0 Å². The third-order valence-corrected chi connectivity index (χ3v) is 5.28. The molecule has 2 aliphatic heterocycles. The summed E-state index contributed by atoms with van der Waals surface area (Å²) in [5, 5.41) is 17.2. The van der Waals surface area contributed by atoms with Crippen LogP contribution < -0.4 is 10.6 Å². The summed E-state index contributed by atoms with van der Waals surface area (Å²) in [6, 6.07) is 0. The Kier molecular flexibility index (Phi) is 5.44. The molecule has 2 saturated heterocycles. The molecular weight excluding hydrogens is 290 g/mol. The Bertz CT molecular complexity index is 410. The van der Waals surface area contributed by atoms with Gasteiger partial charge in [0.25, 0.3) is 0 Å². The highest BCUT2D eigenvalue weighted by atomic mass is 16.3. The van der Waals surface area contributed by atoms with Crippen molar-refractivity contribution < 1.29 is 9.90 Å². The normalized spacial score (nSPS) is 27.6. The monoisotopic (exact) mass is 325 g/mol. The van der Waals surface area contributed by atoms with Crippen molar-refractivity contribution >= 4 is 5.91 Å². The number of carbonyl (C=O) groups excluding carboxylic acids is 1. The molecule has 2 aliphatic rings. The van der Waals surface area contributed by atoms with Gasteiger partial charge in [-0.2, -0.15) is 0 Å². The van der Waals surface area contributed by atoms with Gasteiger partial charge in [0.1, 0.15) is 0 Å². The number of nitrogens with one attached hydrogen (secondary N) is 2. The Morgan fingerprint density at radius 3 is 2.22 bits per heavy atom. The molecule has 5 heteroatoms. The summed E-state index contributed by atoms with van der Waals surface area (Å²) in [7, 11) is 2.07. The second-order valence-corrected chi connectivity index (χ2v) is 9.18. The van der Waals surface area contributed by atoms with Crippen molar-refractivity contribution in [3.05, 3.63) is 0 Å². The number of amides is 1. The van der Waals surface area contributed by atoms with E-state index in [1.54, 1.807) is 0 Å². The molecule has 0 radical (unpaired) electrons. The number of rotatable bonds is 4. The summed E-state index contributed by atoms with van der Waals surface area (Å²) in [6.45, 7) is 11.0. The van der Waals surface area contributed by atoms with Crippen LogP contribution in [0.25, 0.3) is 0 Å². The van der Waals surface area contributed by atoms with Crippen molar-refractivity contribution in [1.82, 2.24) is 15.5 Å². The molecule has 2 heterocycles. The van der Waals surface area contributed by atoms with E-state index in [9.17, 15) is 9.90 Å². The van der Waals surface area contributed by atoms with Crippen LogP contribution in [0.2, 0.25) is 0 Å². The smallest absolute Gasteiger partial charge is 0.220 e. The lowest BCUT2D eigenvalue weighted by Gasteiger charge is -2.46. The van der Waals surface area contributed by atoms with Gasteiger partial charge in [-0.3, -0.25) is 4.79 Å². The highest BCUT2D eigenvalue weighted by molar-refractivity contribution is 5.76. The first kappa shape index (κ1) is 18.7. The highest BCUT2D eigenvalue weighted by Gasteiger charge is 2.38. The third-order valence-electron chi connectivity index (χ3n) is 5.28. The predicted octanol–water partition coefficient (Wildman–Crippen LogP) is 1.51. The SMILES string of the molecule is CN1CCC(O)(CNC(=O)CC2CC(C)(C)NC(C)(C)C2)CC1. The molecule has 3 N–H and O–H groups in total. The van der Waals surface area contributed by atoms with Crippen LogP contribution >= 0.6 is 0 Å². The maximum atomic E-state index is 12.3. The molecule has 2 rings (SSSR count). The fourth-order valence-corrected chi connectivity index (χ4v) is 4.49. The summed E-state index contributed by atoms with van der Waals surface area (Å²) in [6.07, 6.45) is 4.05. The van der Waals surface area contributed by atoms with Crippen LogP contribution in [-0.2, 0) is 4.79 Å². The Balaban J connectivity index is 1.80. The van der Waals surface area contributed by atoms with Gasteiger partial charge in [-0.1, -0.05) is 0 Å². The van der Waals surface area contributed by atoms with Crippen molar-refractivity contribution in [3.8, 4) is 0 Å². The molecule has 0 atom stereocenters. The quantitative estimate of drug-likeness (QED) is 0.733. The lowest BCUT2D eigenvalue weighted by atomic mass is 9.74. The van der Waals surface area contributed by atoms with Gasteiger partial charge < -0.3 is 20.6 Å². The molecule has 134 valence electrons. The average molecular weight is 325 g/mol. The van der Waals surface area contributed by atoms with Gasteiger partial charge >= 0.3 is 0 Å². The first-order valence-corrected chi connectivity index (χ1v) is 8.96. The van der Waals surface area contributed by atoms with Gasteiger partial charge in [-0.05, 0) is 66.3 Å². The first-order chi connectivity index (χ1) is 10.5. The summed E-state index contributed by atoms with van der Waals surface area (Å²) in [4.78, 5) is 14.5. The third kappa shape index (κ3) is 5.73. The molecule has 0 unspecified atom stereocenters. The number of carbonyl (C=O) groups is 1. The molecule has 2 fully saturated rings. The molecule has 0 aromatic heterocycles. The maximum absolute atomic E-state index is 12.3. The van der Waals surface area contributed by atoms with E-state index < -0.39 is 5.60 Å². The number of hydrogen-bond acceptors (Lipinski definition) is 4. The topological polar surface area (TPSA) is 64.6 Å². The molecule has 0 spiro atoms. The van der Waals surface area contributed by atoms with E-state index >= 15 is 0 Å². The molecule has 0 saturated carbocycles. The average Bonchev–Trinajstić information content (AvgIpc) is 2.37. The Morgan fingerprint density at radius 1 is 1.17 bits per heavy atom. The van der Waals surface area contributed by atoms with E-state index in [1.165, 1.54) is 0 Å². The zero-order valence-electron chi connectivity index (χ0n) is 15.5. The van der Waals surface area contributed by atoms with Crippen molar-refractivity contribution in [2.75, 3.05) is 26.7 Å². The van der Waals surface area contributed by atoms with Gasteiger partial charge in [0, 0.05) is 37.1 Å². The Labute approximate surface area is 141 Å². The predicted molar refractivity (Wildman–Crippen MR) is 93.3 cm³/mol. The minimum absolute atomic E-state index is 0.0683. The van der Waals surface area contributed by atoms with E-state index in [2.05, 4.69) is 50.3 Å². The lowest BCUT2D eigenvalue weighted by Crippen LogP contribution is -2.58. The zero-order chi connectivity index (χ0) is 17.3. The number of nitrogens with zero attached hydrogens (tertiary/aromatic N) is 1. The zero-order valence-corrected chi connectivity index (χ0v) is 15.5. The van der Waals surface area contributed by atoms with E-state index in [0.717, 1.165) is 38.8 Å². The van der Waals surface area contributed by atoms with Gasteiger partial charge in [0.05, 0.1) is 5.60 Å². The molecule has 1 amide bonds. The number of aliphatic hydroxyl groups is 1. The van der Waals surface area contributed by atoms with Crippen molar-refractivity contribution in [3.63, 3.8) is 0 Å². The van der Waals surface area contributed by atoms with Crippen LogP contribution in [0.5, 0.6) is 0 Å². The number of piperidine rings is 2. The molecule has 0 bridgehead atoms. The van der Waals surface area contributed by atoms with Crippen LogP contribution in [0.15, 0.2) is 0 Å². The molecule has 0 aromatic rings. The van der Waals surface area contributed by atoms with Crippen LogP contribution in [0, 0.1) is 5.92 Å².